The highest BCUT2D eigenvalue weighted by Crippen LogP contribution is 2.34. The van der Waals surface area contributed by atoms with Crippen LogP contribution in [0, 0.1) is 17.2 Å². The molecule has 2 N–H and O–H groups in total. The van der Waals surface area contributed by atoms with Crippen LogP contribution in [0.5, 0.6) is 5.75 Å². The van der Waals surface area contributed by atoms with Gasteiger partial charge in [0.1, 0.15) is 21.8 Å². The monoisotopic (exact) mass is 633 g/mol. The summed E-state index contributed by atoms with van der Waals surface area (Å²) >= 11 is 3.79. The Bertz CT molecular complexity index is 1260. The molecule has 1 aromatic carbocycles. The molecule has 1 aliphatic heterocycles. The minimum absolute atomic E-state index is 0.0168. The molecule has 4 rings (SSSR count). The Balaban J connectivity index is 1.36. The number of carboxylic acids is 1. The van der Waals surface area contributed by atoms with Crippen molar-refractivity contribution in [2.45, 2.75) is 49.2 Å². The van der Waals surface area contributed by atoms with Crippen molar-refractivity contribution in [1.82, 2.24) is 20.4 Å². The number of aromatic nitrogens is 2. The lowest BCUT2D eigenvalue weighted by atomic mass is 10.0. The van der Waals surface area contributed by atoms with Crippen LogP contribution in [0.15, 0.2) is 42.0 Å². The van der Waals surface area contributed by atoms with E-state index >= 15 is 0 Å². The van der Waals surface area contributed by atoms with E-state index in [0.717, 1.165) is 40.4 Å². The van der Waals surface area contributed by atoms with Crippen LogP contribution in [-0.4, -0.2) is 57.4 Å². The molecule has 2 fully saturated rings. The number of carboxylic acid groups (broad SMARTS) is 1. The molecule has 1 aliphatic carbocycles. The van der Waals surface area contributed by atoms with Gasteiger partial charge in [0.15, 0.2) is 0 Å². The normalized spacial score (nSPS) is 19.7. The number of carbonyl (C=O) groups is 2. The van der Waals surface area contributed by atoms with Crippen molar-refractivity contribution in [2.24, 2.45) is 5.92 Å². The van der Waals surface area contributed by atoms with Crippen LogP contribution in [0.3, 0.4) is 0 Å². The summed E-state index contributed by atoms with van der Waals surface area (Å²) in [6, 6.07) is 7.43. The number of rotatable bonds is 8. The van der Waals surface area contributed by atoms with Gasteiger partial charge in [0.25, 0.3) is 0 Å². The van der Waals surface area contributed by atoms with Crippen LogP contribution >= 0.6 is 33.9 Å². The molecule has 2 aromatic rings. The number of amides is 2. The molecule has 0 bridgehead atoms. The lowest BCUT2D eigenvalue weighted by Crippen LogP contribution is -2.57. The van der Waals surface area contributed by atoms with E-state index < -0.39 is 11.9 Å². The number of alkyl halides is 1. The largest absolute Gasteiger partial charge is 0.490 e. The quantitative estimate of drug-likeness (QED) is 0.306. The van der Waals surface area contributed by atoms with Gasteiger partial charge in [-0.3, -0.25) is 4.79 Å². The van der Waals surface area contributed by atoms with E-state index in [1.165, 1.54) is 11.3 Å². The van der Waals surface area contributed by atoms with Crippen molar-refractivity contribution in [3.8, 4) is 22.4 Å². The molecule has 9 nitrogen and oxygen atoms in total. The third-order valence-electron chi connectivity index (χ3n) is 6.20. The van der Waals surface area contributed by atoms with E-state index in [2.05, 4.69) is 44.2 Å². The third-order valence-corrected chi connectivity index (χ3v) is 8.68. The number of halogens is 1. The lowest BCUT2D eigenvalue weighted by Gasteiger charge is -2.37. The Morgan fingerprint density at radius 1 is 1.35 bits per heavy atom. The van der Waals surface area contributed by atoms with Crippen molar-refractivity contribution in [3.05, 3.63) is 52.6 Å². The predicted octanol–water partition coefficient (Wildman–Crippen LogP) is 5.10. The molecule has 2 atom stereocenters. The number of benzene rings is 1. The number of nitrogens with zero attached hydrogens (tertiary/aromatic N) is 4. The van der Waals surface area contributed by atoms with Crippen molar-refractivity contribution in [2.75, 3.05) is 13.1 Å². The van der Waals surface area contributed by atoms with Gasteiger partial charge in [0.2, 0.25) is 0 Å². The first-order chi connectivity index (χ1) is 17.7. The van der Waals surface area contributed by atoms with Gasteiger partial charge >= 0.3 is 12.0 Å². The SMILES string of the molecule is CC(C)Oc1ccc(-c2nnc(C(I)/C=C\C=C3/CCC[C@H]3NC(=O)N3CC(C(=O)O)C3)s2)cc1C#N. The van der Waals surface area contributed by atoms with Crippen molar-refractivity contribution < 1.29 is 19.4 Å². The first-order valence-electron chi connectivity index (χ1n) is 12.1. The highest BCUT2D eigenvalue weighted by molar-refractivity contribution is 14.1. The fraction of sp³-hybridized carbons (Fsp3) is 0.423. The molecule has 1 aromatic heterocycles. The summed E-state index contributed by atoms with van der Waals surface area (Å²) < 4.78 is 5.72. The number of likely N-dealkylation sites (tertiary alicyclic amines) is 1. The van der Waals surface area contributed by atoms with Crippen molar-refractivity contribution in [3.63, 3.8) is 0 Å². The Kier molecular flexibility index (Phi) is 8.81. The topological polar surface area (TPSA) is 128 Å². The van der Waals surface area contributed by atoms with Gasteiger partial charge in [-0.1, -0.05) is 52.2 Å². The Morgan fingerprint density at radius 3 is 2.84 bits per heavy atom. The van der Waals surface area contributed by atoms with Crippen LogP contribution in [-0.2, 0) is 4.79 Å². The van der Waals surface area contributed by atoms with E-state index in [9.17, 15) is 14.9 Å². The highest BCUT2D eigenvalue weighted by atomic mass is 127. The third kappa shape index (κ3) is 6.67. The predicted molar refractivity (Wildman–Crippen MR) is 149 cm³/mol. The van der Waals surface area contributed by atoms with Gasteiger partial charge < -0.3 is 20.1 Å². The molecule has 2 aliphatic rings. The summed E-state index contributed by atoms with van der Waals surface area (Å²) in [7, 11) is 0. The van der Waals surface area contributed by atoms with Crippen LogP contribution in [0.4, 0.5) is 4.79 Å². The second-order valence-electron chi connectivity index (χ2n) is 9.30. The average molecular weight is 634 g/mol. The molecule has 1 saturated carbocycles. The fourth-order valence-corrected chi connectivity index (χ4v) is 5.75. The van der Waals surface area contributed by atoms with Crippen LogP contribution in [0.2, 0.25) is 0 Å². The second-order valence-corrected chi connectivity index (χ2v) is 11.6. The van der Waals surface area contributed by atoms with E-state index in [1.54, 1.807) is 17.0 Å². The molecule has 0 radical (unpaired) electrons. The number of hydrogen-bond donors (Lipinski definition) is 2. The van der Waals surface area contributed by atoms with Gasteiger partial charge in [0.05, 0.1) is 27.6 Å². The van der Waals surface area contributed by atoms with Gasteiger partial charge in [-0.2, -0.15) is 5.26 Å². The number of urea groups is 1. The number of nitriles is 1. The zero-order valence-corrected chi connectivity index (χ0v) is 23.5. The lowest BCUT2D eigenvalue weighted by molar-refractivity contribution is -0.146. The molecule has 194 valence electrons. The fourth-order valence-electron chi connectivity index (χ4n) is 4.20. The molecule has 11 heteroatoms. The maximum absolute atomic E-state index is 12.4. The van der Waals surface area contributed by atoms with Gasteiger partial charge in [-0.05, 0) is 56.9 Å². The number of allylic oxidation sites excluding steroid dienone is 3. The summed E-state index contributed by atoms with van der Waals surface area (Å²) in [6.07, 6.45) is 8.86. The molecule has 2 amide bonds. The van der Waals surface area contributed by atoms with E-state index in [1.807, 2.05) is 38.1 Å². The van der Waals surface area contributed by atoms with Crippen LogP contribution in [0.1, 0.15) is 47.6 Å². The Hall–Kier alpha value is -2.98. The first-order valence-corrected chi connectivity index (χ1v) is 14.2. The smallest absolute Gasteiger partial charge is 0.317 e. The molecule has 1 unspecified atom stereocenters. The Morgan fingerprint density at radius 2 is 2.14 bits per heavy atom. The van der Waals surface area contributed by atoms with Crippen LogP contribution < -0.4 is 10.1 Å². The standard InChI is InChI=1S/C26H28IN5O4S/c1-15(2)36-22-10-9-17(11-18(22)12-28)23-30-31-24(37-23)20(27)7-3-5-16-6-4-8-21(16)29-26(35)32-13-19(14-32)25(33)34/h3,5,7,9-11,15,19-21H,4,6,8,13-14H2,1-2H3,(H,29,35)(H,33,34)/b7-3-,16-5+/t20?,21-/m1/s1. The second kappa shape index (κ2) is 12.0. The summed E-state index contributed by atoms with van der Waals surface area (Å²) in [5, 5.41) is 31.8. The number of nitrogens with one attached hydrogen (secondary N) is 1. The molecule has 0 spiro atoms. The average Bonchev–Trinajstić information content (AvgIpc) is 3.48. The van der Waals surface area contributed by atoms with Crippen LogP contribution in [0.25, 0.3) is 10.6 Å². The molecular weight excluding hydrogens is 605 g/mol. The summed E-state index contributed by atoms with van der Waals surface area (Å²) in [6.45, 7) is 4.37. The number of aliphatic carboxylic acids is 1. The van der Waals surface area contributed by atoms with Crippen molar-refractivity contribution >= 4 is 45.9 Å². The van der Waals surface area contributed by atoms with E-state index in [-0.39, 0.29) is 35.2 Å². The van der Waals surface area contributed by atoms with Crippen molar-refractivity contribution in [1.29, 1.82) is 5.26 Å². The molecule has 2 heterocycles. The Labute approximate surface area is 233 Å². The highest BCUT2D eigenvalue weighted by Gasteiger charge is 2.36. The minimum atomic E-state index is -0.854. The first kappa shape index (κ1) is 27.1. The van der Waals surface area contributed by atoms with Gasteiger partial charge in [-0.15, -0.1) is 10.2 Å². The van der Waals surface area contributed by atoms with Gasteiger partial charge in [0, 0.05) is 18.7 Å². The molecule has 1 saturated heterocycles. The van der Waals surface area contributed by atoms with E-state index in [4.69, 9.17) is 9.84 Å². The number of carbonyl (C=O) groups excluding carboxylic acids is 1. The summed E-state index contributed by atoms with van der Waals surface area (Å²) in [4.78, 5) is 24.9. The summed E-state index contributed by atoms with van der Waals surface area (Å²) in [5.74, 6) is -0.752. The van der Waals surface area contributed by atoms with E-state index in [0.29, 0.717) is 11.3 Å². The van der Waals surface area contributed by atoms with Gasteiger partial charge in [-0.25, -0.2) is 4.79 Å². The minimum Gasteiger partial charge on any atom is -0.490 e. The zero-order valence-electron chi connectivity index (χ0n) is 20.6. The molecule has 37 heavy (non-hydrogen) atoms. The summed E-state index contributed by atoms with van der Waals surface area (Å²) in [5.41, 5.74) is 2.45. The molecular formula is C26H28IN5O4S. The number of hydrogen-bond acceptors (Lipinski definition) is 7. The number of ether oxygens (including phenoxy) is 1. The maximum atomic E-state index is 12.4. The zero-order chi connectivity index (χ0) is 26.5. The maximum Gasteiger partial charge on any atom is 0.317 e.